The summed E-state index contributed by atoms with van der Waals surface area (Å²) in [6.07, 6.45) is 0.977. The van der Waals surface area contributed by atoms with Crippen molar-refractivity contribution in [3.8, 4) is 0 Å². The number of carbonyl (C=O) groups excluding carboxylic acids is 1. The van der Waals surface area contributed by atoms with Crippen LogP contribution in [0.15, 0.2) is 0 Å². The van der Waals surface area contributed by atoms with Gasteiger partial charge in [-0.25, -0.2) is 0 Å². The third-order valence-corrected chi connectivity index (χ3v) is 5.43. The molecule has 2 atom stereocenters. The predicted octanol–water partition coefficient (Wildman–Crippen LogP) is 1.81. The van der Waals surface area contributed by atoms with E-state index in [0.29, 0.717) is 5.75 Å². The third-order valence-electron chi connectivity index (χ3n) is 1.95. The minimum Gasteiger partial charge on any atom is -0.297 e. The number of carbonyl (C=O) groups is 1. The van der Waals surface area contributed by atoms with Crippen LogP contribution in [0.5, 0.6) is 0 Å². The minimum atomic E-state index is -0.941. The largest absolute Gasteiger partial charge is 0.297 e. The molecule has 0 N–H and O–H groups in total. The molecule has 4 heteroatoms. The van der Waals surface area contributed by atoms with Gasteiger partial charge >= 0.3 is 0 Å². The van der Waals surface area contributed by atoms with Gasteiger partial charge in [0.1, 0.15) is 4.58 Å². The second-order valence-corrected chi connectivity index (χ2v) is 7.41. The monoisotopic (exact) mass is 220 g/mol. The first-order valence-corrected chi connectivity index (χ1v) is 6.89. The molecule has 1 fully saturated rings. The lowest BCUT2D eigenvalue weighted by molar-refractivity contribution is -0.124. The van der Waals surface area contributed by atoms with Crippen molar-refractivity contribution >= 4 is 28.3 Å². The van der Waals surface area contributed by atoms with Crippen LogP contribution in [0.1, 0.15) is 27.2 Å². The molecule has 1 aliphatic rings. The predicted molar refractivity (Wildman–Crippen MR) is 58.3 cm³/mol. The molecular weight excluding hydrogens is 204 g/mol. The van der Waals surface area contributed by atoms with Gasteiger partial charge in [-0.3, -0.25) is 9.00 Å². The van der Waals surface area contributed by atoms with E-state index < -0.39 is 10.8 Å². The van der Waals surface area contributed by atoms with Crippen molar-refractivity contribution in [1.82, 2.24) is 0 Å². The Hall–Kier alpha value is 0.170. The third kappa shape index (κ3) is 2.81. The number of rotatable bonds is 1. The Morgan fingerprint density at radius 3 is 2.54 bits per heavy atom. The van der Waals surface area contributed by atoms with Crippen LogP contribution in [0.3, 0.4) is 0 Å². The topological polar surface area (TPSA) is 34.1 Å². The zero-order valence-corrected chi connectivity index (χ0v) is 9.96. The molecule has 0 aromatic carbocycles. The Labute approximate surface area is 86.3 Å². The Morgan fingerprint density at radius 1 is 1.46 bits per heavy atom. The van der Waals surface area contributed by atoms with E-state index in [1.165, 1.54) is 0 Å². The van der Waals surface area contributed by atoms with Crippen molar-refractivity contribution in [2.24, 2.45) is 5.41 Å². The Balaban J connectivity index is 2.70. The van der Waals surface area contributed by atoms with E-state index in [-0.39, 0.29) is 15.8 Å². The highest BCUT2D eigenvalue weighted by atomic mass is 32.2. The van der Waals surface area contributed by atoms with Crippen molar-refractivity contribution in [2.75, 3.05) is 11.5 Å². The van der Waals surface area contributed by atoms with Crippen molar-refractivity contribution in [2.45, 2.75) is 31.8 Å². The maximum Gasteiger partial charge on any atom is 0.163 e. The van der Waals surface area contributed by atoms with Crippen LogP contribution in [-0.2, 0) is 15.6 Å². The van der Waals surface area contributed by atoms with Crippen molar-refractivity contribution < 1.29 is 9.00 Å². The van der Waals surface area contributed by atoms with Crippen LogP contribution in [0.4, 0.5) is 0 Å². The fourth-order valence-corrected chi connectivity index (χ4v) is 4.76. The van der Waals surface area contributed by atoms with Crippen LogP contribution in [0.2, 0.25) is 0 Å². The van der Waals surface area contributed by atoms with Gasteiger partial charge in [0.25, 0.3) is 0 Å². The summed E-state index contributed by atoms with van der Waals surface area (Å²) in [6.45, 7) is 5.67. The van der Waals surface area contributed by atoms with Gasteiger partial charge in [-0.2, -0.15) is 0 Å². The van der Waals surface area contributed by atoms with Crippen molar-refractivity contribution in [3.05, 3.63) is 0 Å². The Kier molecular flexibility index (Phi) is 3.57. The molecule has 0 amide bonds. The van der Waals surface area contributed by atoms with E-state index in [4.69, 9.17) is 0 Å². The highest BCUT2D eigenvalue weighted by Crippen LogP contribution is 2.29. The summed E-state index contributed by atoms with van der Waals surface area (Å²) in [7, 11) is -0.941. The number of hydrogen-bond acceptors (Lipinski definition) is 3. The van der Waals surface area contributed by atoms with E-state index in [2.05, 4.69) is 0 Å². The van der Waals surface area contributed by atoms with Gasteiger partial charge < -0.3 is 0 Å². The van der Waals surface area contributed by atoms with Gasteiger partial charge in [0.05, 0.1) is 0 Å². The smallest absolute Gasteiger partial charge is 0.163 e. The van der Waals surface area contributed by atoms with Gasteiger partial charge in [0.15, 0.2) is 5.78 Å². The molecule has 0 unspecified atom stereocenters. The van der Waals surface area contributed by atoms with E-state index in [1.807, 2.05) is 20.8 Å². The summed E-state index contributed by atoms with van der Waals surface area (Å²) in [5.41, 5.74) is -0.356. The lowest BCUT2D eigenvalue weighted by atomic mass is 9.92. The molecule has 0 radical (unpaired) electrons. The molecule has 0 aliphatic carbocycles. The molecular formula is C9H16O2S2. The van der Waals surface area contributed by atoms with Gasteiger partial charge in [-0.1, -0.05) is 20.8 Å². The maximum absolute atomic E-state index is 11.8. The molecule has 0 aromatic rings. The molecule has 0 spiro atoms. The molecule has 13 heavy (non-hydrogen) atoms. The molecule has 1 heterocycles. The summed E-state index contributed by atoms with van der Waals surface area (Å²) in [4.78, 5) is 11.8. The number of Topliss-reactive ketones (excluding diaryl/α,β-unsaturated/α-hetero) is 1. The summed E-state index contributed by atoms with van der Waals surface area (Å²) in [5, 5.41) is 0. The lowest BCUT2D eigenvalue weighted by Crippen LogP contribution is -2.36. The van der Waals surface area contributed by atoms with Crippen LogP contribution in [0.25, 0.3) is 0 Å². The number of hydrogen-bond donors (Lipinski definition) is 0. The van der Waals surface area contributed by atoms with Crippen molar-refractivity contribution in [1.29, 1.82) is 0 Å². The Bertz CT molecular complexity index is 230. The first kappa shape index (κ1) is 11.2. The van der Waals surface area contributed by atoms with Gasteiger partial charge in [-0.15, -0.1) is 11.8 Å². The molecule has 2 nitrogen and oxygen atoms in total. The molecule has 1 aliphatic heterocycles. The molecule has 0 saturated carbocycles. The van der Waals surface area contributed by atoms with Crippen molar-refractivity contribution in [3.63, 3.8) is 0 Å². The van der Waals surface area contributed by atoms with Gasteiger partial charge in [-0.05, 0) is 12.2 Å². The van der Waals surface area contributed by atoms with E-state index >= 15 is 0 Å². The van der Waals surface area contributed by atoms with Crippen LogP contribution in [-0.4, -0.2) is 26.1 Å². The van der Waals surface area contributed by atoms with Gasteiger partial charge in [0, 0.05) is 22.0 Å². The highest BCUT2D eigenvalue weighted by Gasteiger charge is 2.35. The molecule has 0 aromatic heterocycles. The Morgan fingerprint density at radius 2 is 2.08 bits per heavy atom. The summed E-state index contributed by atoms with van der Waals surface area (Å²) >= 11 is 1.56. The average Bonchev–Trinajstić information content (AvgIpc) is 2.02. The average molecular weight is 220 g/mol. The van der Waals surface area contributed by atoms with Gasteiger partial charge in [0.2, 0.25) is 0 Å². The standard InChI is InChI=1S/C9H16O2S2/c1-9(2,3)7(10)8-12-5-4-6-13(8)11/h8H,4-6H2,1-3H3/t8-,13+/m0/s1. The fourth-order valence-electron chi connectivity index (χ4n) is 1.12. The van der Waals surface area contributed by atoms with Crippen LogP contribution in [0, 0.1) is 5.41 Å². The number of thioether (sulfide) groups is 1. The number of ketones is 1. The zero-order chi connectivity index (χ0) is 10.1. The second kappa shape index (κ2) is 4.13. The van der Waals surface area contributed by atoms with E-state index in [1.54, 1.807) is 11.8 Å². The molecule has 76 valence electrons. The zero-order valence-electron chi connectivity index (χ0n) is 8.33. The summed E-state index contributed by atoms with van der Waals surface area (Å²) < 4.78 is 11.3. The molecule has 1 rings (SSSR count). The first-order chi connectivity index (χ1) is 5.93. The van der Waals surface area contributed by atoms with Crippen LogP contribution < -0.4 is 0 Å². The molecule has 0 bridgehead atoms. The first-order valence-electron chi connectivity index (χ1n) is 4.46. The molecule has 1 saturated heterocycles. The summed E-state index contributed by atoms with van der Waals surface area (Å²) in [5.74, 6) is 1.80. The quantitative estimate of drug-likeness (QED) is 0.676. The maximum atomic E-state index is 11.8. The lowest BCUT2D eigenvalue weighted by Gasteiger charge is -2.26. The summed E-state index contributed by atoms with van der Waals surface area (Å²) in [6, 6.07) is 0. The minimum absolute atomic E-state index is 0.135. The van der Waals surface area contributed by atoms with Crippen LogP contribution >= 0.6 is 11.8 Å². The SMILES string of the molecule is CC(C)(C)C(=O)[C@H]1SCCC[S@]1=O. The normalized spacial score (nSPS) is 30.1. The fraction of sp³-hybridized carbons (Fsp3) is 0.889. The van der Waals surface area contributed by atoms with E-state index in [0.717, 1.165) is 12.2 Å². The van der Waals surface area contributed by atoms with E-state index in [9.17, 15) is 9.00 Å². The highest BCUT2D eigenvalue weighted by molar-refractivity contribution is 8.12. The second-order valence-electron chi connectivity index (χ2n) is 4.26.